The Balaban J connectivity index is 2.45. The highest BCUT2D eigenvalue weighted by atomic mass is 16.4. The fourth-order valence-corrected chi connectivity index (χ4v) is 2.61. The molecule has 0 saturated heterocycles. The fourth-order valence-electron chi connectivity index (χ4n) is 2.61. The zero-order chi connectivity index (χ0) is 16.6. The maximum absolute atomic E-state index is 12.4. The van der Waals surface area contributed by atoms with Gasteiger partial charge in [-0.2, -0.15) is 0 Å². The molecule has 5 nitrogen and oxygen atoms in total. The number of hydrogen-bond donors (Lipinski definition) is 2. The molecule has 2 N–H and O–H groups in total. The number of nitrogens with one attached hydrogen (secondary N) is 1. The van der Waals surface area contributed by atoms with E-state index in [1.807, 2.05) is 32.9 Å². The molecule has 0 radical (unpaired) electrons. The van der Waals surface area contributed by atoms with Gasteiger partial charge in [0.05, 0.1) is 0 Å². The van der Waals surface area contributed by atoms with Crippen LogP contribution in [0.5, 0.6) is 0 Å². The summed E-state index contributed by atoms with van der Waals surface area (Å²) in [5, 5.41) is 12.7. The van der Waals surface area contributed by atoms with Gasteiger partial charge in [0, 0.05) is 10.9 Å². The highest BCUT2D eigenvalue weighted by Gasteiger charge is 2.27. The van der Waals surface area contributed by atoms with Gasteiger partial charge in [0.25, 0.3) is 5.91 Å². The van der Waals surface area contributed by atoms with Crippen LogP contribution in [0.25, 0.3) is 11.0 Å². The first-order chi connectivity index (χ1) is 10.2. The molecular weight excluding hydrogens is 282 g/mol. The molecular formula is C17H21NO4. The van der Waals surface area contributed by atoms with Crippen LogP contribution in [-0.4, -0.2) is 23.0 Å². The molecule has 1 heterocycles. The minimum absolute atomic E-state index is 0.180. The molecule has 0 unspecified atom stereocenters. The Kier molecular flexibility index (Phi) is 4.26. The molecule has 0 aliphatic heterocycles. The molecule has 1 amide bonds. The molecule has 1 atom stereocenters. The molecule has 0 saturated carbocycles. The largest absolute Gasteiger partial charge is 0.480 e. The van der Waals surface area contributed by atoms with Gasteiger partial charge in [-0.05, 0) is 37.8 Å². The summed E-state index contributed by atoms with van der Waals surface area (Å²) in [4.78, 5) is 23.6. The summed E-state index contributed by atoms with van der Waals surface area (Å²) in [6.45, 7) is 9.19. The van der Waals surface area contributed by atoms with Crippen LogP contribution in [0, 0.1) is 26.7 Å². The van der Waals surface area contributed by atoms with Crippen LogP contribution in [0.15, 0.2) is 16.5 Å². The number of furan rings is 1. The fraction of sp³-hybridized carbons (Fsp3) is 0.412. The van der Waals surface area contributed by atoms with Crippen molar-refractivity contribution in [3.05, 3.63) is 34.6 Å². The number of amides is 1. The van der Waals surface area contributed by atoms with Gasteiger partial charge in [-0.25, -0.2) is 4.79 Å². The number of rotatable bonds is 4. The van der Waals surface area contributed by atoms with E-state index in [0.717, 1.165) is 22.1 Å². The van der Waals surface area contributed by atoms with E-state index >= 15 is 0 Å². The number of benzene rings is 1. The Morgan fingerprint density at radius 2 is 1.73 bits per heavy atom. The van der Waals surface area contributed by atoms with Crippen molar-refractivity contribution in [2.24, 2.45) is 5.92 Å². The second kappa shape index (κ2) is 5.83. The van der Waals surface area contributed by atoms with Crippen LogP contribution in [0.3, 0.4) is 0 Å². The van der Waals surface area contributed by atoms with Crippen LogP contribution < -0.4 is 5.32 Å². The maximum Gasteiger partial charge on any atom is 0.326 e. The maximum atomic E-state index is 12.4. The van der Waals surface area contributed by atoms with Crippen molar-refractivity contribution >= 4 is 22.8 Å². The Morgan fingerprint density at radius 3 is 2.23 bits per heavy atom. The molecule has 1 aromatic carbocycles. The highest BCUT2D eigenvalue weighted by molar-refractivity contribution is 6.01. The third-order valence-electron chi connectivity index (χ3n) is 3.91. The Bertz CT molecular complexity index is 743. The van der Waals surface area contributed by atoms with Crippen molar-refractivity contribution in [2.45, 2.75) is 40.7 Å². The number of aliphatic carboxylic acids is 1. The summed E-state index contributed by atoms with van der Waals surface area (Å²) in [6.07, 6.45) is 0. The lowest BCUT2D eigenvalue weighted by Gasteiger charge is -2.17. The number of carboxylic acids is 1. The molecule has 0 aliphatic carbocycles. The van der Waals surface area contributed by atoms with Crippen LogP contribution in [-0.2, 0) is 4.79 Å². The van der Waals surface area contributed by atoms with Gasteiger partial charge in [-0.1, -0.05) is 26.0 Å². The van der Waals surface area contributed by atoms with Crippen molar-refractivity contribution in [1.82, 2.24) is 5.32 Å². The van der Waals surface area contributed by atoms with Gasteiger partial charge in [0.15, 0.2) is 5.76 Å². The predicted octanol–water partition coefficient (Wildman–Crippen LogP) is 3.20. The molecule has 2 aromatic rings. The molecule has 2 rings (SSSR count). The van der Waals surface area contributed by atoms with Gasteiger partial charge >= 0.3 is 5.97 Å². The van der Waals surface area contributed by atoms with Gasteiger partial charge in [0.2, 0.25) is 0 Å². The lowest BCUT2D eigenvalue weighted by molar-refractivity contribution is -0.140. The molecule has 0 bridgehead atoms. The summed E-state index contributed by atoms with van der Waals surface area (Å²) in [5.41, 5.74) is 3.39. The van der Waals surface area contributed by atoms with Crippen LogP contribution >= 0.6 is 0 Å². The topological polar surface area (TPSA) is 79.5 Å². The summed E-state index contributed by atoms with van der Waals surface area (Å²) >= 11 is 0. The molecule has 0 fully saturated rings. The third-order valence-corrected chi connectivity index (χ3v) is 3.91. The quantitative estimate of drug-likeness (QED) is 0.909. The van der Waals surface area contributed by atoms with Gasteiger partial charge in [-0.15, -0.1) is 0 Å². The third kappa shape index (κ3) is 2.71. The highest BCUT2D eigenvalue weighted by Crippen LogP contribution is 2.30. The number of carbonyl (C=O) groups is 2. The monoisotopic (exact) mass is 303 g/mol. The second-order valence-electron chi connectivity index (χ2n) is 5.99. The number of hydrogen-bond acceptors (Lipinski definition) is 3. The average Bonchev–Trinajstić information content (AvgIpc) is 2.78. The normalized spacial score (nSPS) is 12.6. The number of fused-ring (bicyclic) bond motifs is 1. The smallest absolute Gasteiger partial charge is 0.326 e. The van der Waals surface area contributed by atoms with Crippen molar-refractivity contribution in [3.63, 3.8) is 0 Å². The van der Waals surface area contributed by atoms with E-state index in [-0.39, 0.29) is 11.7 Å². The lowest BCUT2D eigenvalue weighted by Crippen LogP contribution is -2.44. The standard InChI is InChI=1S/C17H21NO4/c1-8(2)13(17(20)21)18-16(19)15-11(5)12-9(3)6-7-10(4)14(12)22-15/h6-8,13H,1-5H3,(H,18,19)(H,20,21)/t13-/m0/s1. The summed E-state index contributed by atoms with van der Waals surface area (Å²) in [7, 11) is 0. The zero-order valence-electron chi connectivity index (χ0n) is 13.5. The Hall–Kier alpha value is -2.30. The van der Waals surface area contributed by atoms with Crippen molar-refractivity contribution in [2.75, 3.05) is 0 Å². The van der Waals surface area contributed by atoms with Crippen LogP contribution in [0.1, 0.15) is 41.1 Å². The molecule has 0 aliphatic rings. The molecule has 1 aromatic heterocycles. The van der Waals surface area contributed by atoms with Gasteiger partial charge in [0.1, 0.15) is 11.6 Å². The number of carbonyl (C=O) groups excluding carboxylic acids is 1. The first-order valence-corrected chi connectivity index (χ1v) is 7.27. The lowest BCUT2D eigenvalue weighted by atomic mass is 10.0. The predicted molar refractivity (Wildman–Crippen MR) is 84.2 cm³/mol. The molecule has 22 heavy (non-hydrogen) atoms. The SMILES string of the molecule is Cc1ccc(C)c2c(C)c(C(=O)N[C@H](C(=O)O)C(C)C)oc12. The molecule has 5 heteroatoms. The molecule has 0 spiro atoms. The minimum atomic E-state index is -1.05. The van der Waals surface area contributed by atoms with Gasteiger partial charge in [-0.3, -0.25) is 4.79 Å². The Labute approximate surface area is 129 Å². The summed E-state index contributed by atoms with van der Waals surface area (Å²) in [6, 6.07) is 2.98. The van der Waals surface area contributed by atoms with E-state index in [0.29, 0.717) is 5.58 Å². The second-order valence-corrected chi connectivity index (χ2v) is 5.99. The van der Waals surface area contributed by atoms with E-state index in [4.69, 9.17) is 4.42 Å². The van der Waals surface area contributed by atoms with Crippen molar-refractivity contribution in [3.8, 4) is 0 Å². The van der Waals surface area contributed by atoms with E-state index in [9.17, 15) is 14.7 Å². The van der Waals surface area contributed by atoms with Gasteiger partial charge < -0.3 is 14.8 Å². The summed E-state index contributed by atoms with van der Waals surface area (Å²) in [5.74, 6) is -1.58. The minimum Gasteiger partial charge on any atom is -0.480 e. The first kappa shape index (κ1) is 16.1. The Morgan fingerprint density at radius 1 is 1.14 bits per heavy atom. The summed E-state index contributed by atoms with van der Waals surface area (Å²) < 4.78 is 5.73. The number of aryl methyl sites for hydroxylation is 3. The first-order valence-electron chi connectivity index (χ1n) is 7.27. The molecule has 118 valence electrons. The zero-order valence-corrected chi connectivity index (χ0v) is 13.5. The van der Waals surface area contributed by atoms with Crippen molar-refractivity contribution < 1.29 is 19.1 Å². The number of carboxylic acid groups (broad SMARTS) is 1. The van der Waals surface area contributed by atoms with E-state index in [1.54, 1.807) is 13.8 Å². The average molecular weight is 303 g/mol. The van der Waals surface area contributed by atoms with Crippen LogP contribution in [0.4, 0.5) is 0 Å². The van der Waals surface area contributed by atoms with E-state index < -0.39 is 17.9 Å². The van der Waals surface area contributed by atoms with Crippen molar-refractivity contribution in [1.29, 1.82) is 0 Å². The van der Waals surface area contributed by atoms with E-state index in [2.05, 4.69) is 5.32 Å². The van der Waals surface area contributed by atoms with E-state index in [1.165, 1.54) is 0 Å². The van der Waals surface area contributed by atoms with Crippen LogP contribution in [0.2, 0.25) is 0 Å².